The Kier molecular flexibility index (Phi) is 6.37. The number of hydrogen-bond acceptors (Lipinski definition) is 5. The molecule has 0 unspecified atom stereocenters. The first-order valence-corrected chi connectivity index (χ1v) is 14.2. The van der Waals surface area contributed by atoms with Crippen LogP contribution in [0.4, 0.5) is 11.4 Å². The van der Waals surface area contributed by atoms with Gasteiger partial charge >= 0.3 is 5.97 Å². The van der Waals surface area contributed by atoms with Gasteiger partial charge in [0.15, 0.2) is 6.61 Å². The smallest absolute Gasteiger partial charge is 0.338 e. The zero-order valence-corrected chi connectivity index (χ0v) is 23.4. The first-order chi connectivity index (χ1) is 20.3. The molecule has 3 aliphatic carbocycles. The SMILES string of the molecule is O=C(COC(=O)c1cccc(N2C(=O)[C@@H]3C4c5ccccc5C(c5ccccc54)[C@@H]3C2=O)c1)Nc1ccc(Cl)c(Cl)c1. The van der Waals surface area contributed by atoms with E-state index in [1.807, 2.05) is 48.5 Å². The predicted molar refractivity (Wildman–Crippen MR) is 158 cm³/mol. The van der Waals surface area contributed by atoms with Crippen molar-refractivity contribution in [1.82, 2.24) is 0 Å². The number of benzene rings is 4. The van der Waals surface area contributed by atoms with Crippen molar-refractivity contribution in [3.05, 3.63) is 129 Å². The molecule has 4 aliphatic rings. The fourth-order valence-electron chi connectivity index (χ4n) is 6.69. The topological polar surface area (TPSA) is 92.8 Å². The fraction of sp³-hybridized carbons (Fsp3) is 0.152. The molecule has 4 aromatic rings. The Morgan fingerprint density at radius 3 is 1.83 bits per heavy atom. The lowest BCUT2D eigenvalue weighted by Crippen LogP contribution is -2.41. The van der Waals surface area contributed by atoms with Gasteiger partial charge in [-0.1, -0.05) is 77.8 Å². The van der Waals surface area contributed by atoms with Crippen LogP contribution < -0.4 is 10.2 Å². The van der Waals surface area contributed by atoms with Crippen LogP contribution in [0.2, 0.25) is 10.0 Å². The Hall–Kier alpha value is -4.46. The molecule has 7 nitrogen and oxygen atoms in total. The largest absolute Gasteiger partial charge is 0.452 e. The van der Waals surface area contributed by atoms with Gasteiger partial charge in [0.25, 0.3) is 5.91 Å². The summed E-state index contributed by atoms with van der Waals surface area (Å²) in [6, 6.07) is 26.8. The zero-order valence-electron chi connectivity index (χ0n) is 21.9. The van der Waals surface area contributed by atoms with Gasteiger partial charge in [-0.25, -0.2) is 9.69 Å². The summed E-state index contributed by atoms with van der Waals surface area (Å²) in [6.07, 6.45) is 0. The van der Waals surface area contributed by atoms with E-state index in [2.05, 4.69) is 5.32 Å². The number of imide groups is 1. The number of rotatable bonds is 5. The second kappa shape index (κ2) is 10.1. The maximum Gasteiger partial charge on any atom is 0.338 e. The summed E-state index contributed by atoms with van der Waals surface area (Å²) in [6.45, 7) is -0.547. The number of halogens is 2. The lowest BCUT2D eigenvalue weighted by atomic mass is 9.55. The molecule has 2 atom stereocenters. The molecular formula is C33H22Cl2N2O5. The van der Waals surface area contributed by atoms with Crippen molar-refractivity contribution in [3.63, 3.8) is 0 Å². The number of carbonyl (C=O) groups is 4. The second-order valence-electron chi connectivity index (χ2n) is 10.6. The van der Waals surface area contributed by atoms with Gasteiger partial charge in [-0.2, -0.15) is 0 Å². The van der Waals surface area contributed by atoms with E-state index in [1.165, 1.54) is 29.2 Å². The highest BCUT2D eigenvalue weighted by molar-refractivity contribution is 6.42. The Bertz CT molecular complexity index is 1710. The Morgan fingerprint density at radius 1 is 0.714 bits per heavy atom. The number of ether oxygens (including phenoxy) is 1. The molecule has 0 aromatic heterocycles. The number of esters is 1. The van der Waals surface area contributed by atoms with Crippen molar-refractivity contribution >= 4 is 58.3 Å². The third kappa shape index (κ3) is 4.11. The number of hydrogen-bond donors (Lipinski definition) is 1. The van der Waals surface area contributed by atoms with Gasteiger partial charge in [0, 0.05) is 17.5 Å². The van der Waals surface area contributed by atoms with Crippen molar-refractivity contribution in [1.29, 1.82) is 0 Å². The van der Waals surface area contributed by atoms with Crippen molar-refractivity contribution in [2.24, 2.45) is 11.8 Å². The van der Waals surface area contributed by atoms with E-state index in [0.29, 0.717) is 16.4 Å². The van der Waals surface area contributed by atoms with E-state index in [1.54, 1.807) is 18.2 Å². The van der Waals surface area contributed by atoms with Crippen LogP contribution in [0.25, 0.3) is 0 Å². The fourth-order valence-corrected chi connectivity index (χ4v) is 6.99. The zero-order chi connectivity index (χ0) is 29.1. The van der Waals surface area contributed by atoms with Crippen LogP contribution in [0.15, 0.2) is 91.0 Å². The maximum absolute atomic E-state index is 14.0. The molecule has 8 rings (SSSR count). The minimum Gasteiger partial charge on any atom is -0.452 e. The van der Waals surface area contributed by atoms with Crippen LogP contribution in [0, 0.1) is 11.8 Å². The molecule has 1 heterocycles. The monoisotopic (exact) mass is 596 g/mol. The van der Waals surface area contributed by atoms with E-state index in [0.717, 1.165) is 22.3 Å². The van der Waals surface area contributed by atoms with Gasteiger partial charge in [0.05, 0.1) is 33.1 Å². The third-order valence-corrected chi connectivity index (χ3v) is 9.07. The summed E-state index contributed by atoms with van der Waals surface area (Å²) in [7, 11) is 0. The molecule has 1 fully saturated rings. The predicted octanol–water partition coefficient (Wildman–Crippen LogP) is 6.19. The van der Waals surface area contributed by atoms with Gasteiger partial charge in [0.1, 0.15) is 0 Å². The molecule has 0 saturated carbocycles. The summed E-state index contributed by atoms with van der Waals surface area (Å²) in [5, 5.41) is 3.20. The number of carbonyl (C=O) groups excluding carboxylic acids is 4. The minimum absolute atomic E-state index is 0.111. The lowest BCUT2D eigenvalue weighted by Gasteiger charge is -2.45. The molecular weight excluding hydrogens is 575 g/mol. The molecule has 1 aliphatic heterocycles. The molecule has 1 saturated heterocycles. The average Bonchev–Trinajstić information content (AvgIpc) is 3.27. The number of amides is 3. The van der Waals surface area contributed by atoms with E-state index in [-0.39, 0.29) is 34.2 Å². The molecule has 0 radical (unpaired) electrons. The summed E-state index contributed by atoms with van der Waals surface area (Å²) in [4.78, 5) is 54.4. The van der Waals surface area contributed by atoms with Crippen molar-refractivity contribution < 1.29 is 23.9 Å². The molecule has 4 aromatic carbocycles. The minimum atomic E-state index is -0.766. The summed E-state index contributed by atoms with van der Waals surface area (Å²) < 4.78 is 5.21. The van der Waals surface area contributed by atoms with Crippen molar-refractivity contribution in [2.45, 2.75) is 11.8 Å². The molecule has 2 bridgehead atoms. The average molecular weight is 597 g/mol. The van der Waals surface area contributed by atoms with Crippen LogP contribution >= 0.6 is 23.2 Å². The van der Waals surface area contributed by atoms with Crippen LogP contribution in [0.1, 0.15) is 44.4 Å². The first kappa shape index (κ1) is 26.4. The van der Waals surface area contributed by atoms with Gasteiger partial charge in [0.2, 0.25) is 11.8 Å². The molecule has 0 spiro atoms. The highest BCUT2D eigenvalue weighted by Gasteiger charge is 2.61. The Balaban J connectivity index is 1.12. The van der Waals surface area contributed by atoms with Crippen molar-refractivity contribution in [3.8, 4) is 0 Å². The van der Waals surface area contributed by atoms with E-state index in [9.17, 15) is 19.2 Å². The standard InChI is InChI=1S/C33H22Cl2N2O5/c34-24-13-12-18(15-25(24)35)36-26(38)16-42-33(41)17-6-5-7-19(14-17)37-31(39)29-27-20-8-1-2-9-21(20)28(30(29)32(37)40)23-11-4-3-10-22(23)27/h1-15,27-30H,16H2,(H,36,38)/t27?,28?,29-,30+. The normalized spacial score (nSPS) is 21.4. The van der Waals surface area contributed by atoms with E-state index in [4.69, 9.17) is 27.9 Å². The third-order valence-electron chi connectivity index (χ3n) is 8.33. The molecule has 208 valence electrons. The van der Waals surface area contributed by atoms with Gasteiger partial charge in [-0.3, -0.25) is 14.4 Å². The number of anilines is 2. The van der Waals surface area contributed by atoms with Gasteiger partial charge < -0.3 is 10.1 Å². The molecule has 1 N–H and O–H groups in total. The van der Waals surface area contributed by atoms with Crippen LogP contribution in [0.3, 0.4) is 0 Å². The molecule has 42 heavy (non-hydrogen) atoms. The first-order valence-electron chi connectivity index (χ1n) is 13.4. The number of nitrogens with zero attached hydrogens (tertiary/aromatic N) is 1. The maximum atomic E-state index is 14.0. The second-order valence-corrected chi connectivity index (χ2v) is 11.4. The number of nitrogens with one attached hydrogen (secondary N) is 1. The van der Waals surface area contributed by atoms with E-state index < -0.39 is 30.3 Å². The quantitative estimate of drug-likeness (QED) is 0.219. The summed E-state index contributed by atoms with van der Waals surface area (Å²) in [5.74, 6) is -3.42. The van der Waals surface area contributed by atoms with Crippen molar-refractivity contribution in [2.75, 3.05) is 16.8 Å². The highest BCUT2D eigenvalue weighted by atomic mass is 35.5. The Morgan fingerprint density at radius 2 is 1.29 bits per heavy atom. The lowest BCUT2D eigenvalue weighted by molar-refractivity contribution is -0.122. The highest BCUT2D eigenvalue weighted by Crippen LogP contribution is 2.61. The Labute approximate surface area is 251 Å². The van der Waals surface area contributed by atoms with Crippen LogP contribution in [-0.2, 0) is 19.1 Å². The molecule has 3 amide bonds. The van der Waals surface area contributed by atoms with Crippen LogP contribution in [-0.4, -0.2) is 30.3 Å². The van der Waals surface area contributed by atoms with Gasteiger partial charge in [-0.05, 0) is 58.7 Å². The van der Waals surface area contributed by atoms with Crippen LogP contribution in [0.5, 0.6) is 0 Å². The molecule has 9 heteroatoms. The van der Waals surface area contributed by atoms with Gasteiger partial charge in [-0.15, -0.1) is 0 Å². The summed E-state index contributed by atoms with van der Waals surface area (Å²) >= 11 is 11.9. The summed E-state index contributed by atoms with van der Waals surface area (Å²) in [5.41, 5.74) is 5.15. The van der Waals surface area contributed by atoms with E-state index >= 15 is 0 Å².